The molecule has 0 aliphatic rings. The molecule has 0 fully saturated rings. The van der Waals surface area contributed by atoms with Gasteiger partial charge in [0.2, 0.25) is 21.8 Å². The van der Waals surface area contributed by atoms with Gasteiger partial charge in [-0.05, 0) is 20.8 Å². The minimum atomic E-state index is -3.41. The Labute approximate surface area is 122 Å². The highest BCUT2D eigenvalue weighted by atomic mass is 32.2. The van der Waals surface area contributed by atoms with E-state index in [4.69, 9.17) is 5.73 Å². The van der Waals surface area contributed by atoms with Crippen molar-refractivity contribution in [1.82, 2.24) is 14.7 Å². The van der Waals surface area contributed by atoms with Crippen molar-refractivity contribution in [3.05, 3.63) is 15.8 Å². The zero-order chi connectivity index (χ0) is 16.4. The smallest absolute Gasteiger partial charge is 0.332 e. The van der Waals surface area contributed by atoms with Crippen molar-refractivity contribution in [2.75, 3.05) is 23.9 Å². The second-order valence-corrected chi connectivity index (χ2v) is 6.98. The van der Waals surface area contributed by atoms with Gasteiger partial charge < -0.3 is 11.1 Å². The van der Waals surface area contributed by atoms with E-state index in [0.717, 1.165) is 6.26 Å². The van der Waals surface area contributed by atoms with E-state index in [1.54, 1.807) is 13.8 Å². The molecule has 1 rings (SSSR count). The highest BCUT2D eigenvalue weighted by Crippen LogP contribution is 2.26. The van der Waals surface area contributed by atoms with Crippen LogP contribution in [0.3, 0.4) is 0 Å². The van der Waals surface area contributed by atoms with Crippen LogP contribution in [0, 0.1) is 17.0 Å². The molecule has 11 heteroatoms. The predicted molar refractivity (Wildman–Crippen MR) is 78.4 cm³/mol. The zero-order valence-electron chi connectivity index (χ0n) is 12.2. The Balaban J connectivity index is 3.01. The molecule has 0 saturated carbocycles. The van der Waals surface area contributed by atoms with Crippen LogP contribution in [-0.2, 0) is 10.0 Å². The van der Waals surface area contributed by atoms with Crippen molar-refractivity contribution in [1.29, 1.82) is 0 Å². The summed E-state index contributed by atoms with van der Waals surface area (Å²) in [4.78, 5) is 17.9. The van der Waals surface area contributed by atoms with Crippen molar-refractivity contribution >= 4 is 27.5 Å². The van der Waals surface area contributed by atoms with E-state index in [0.29, 0.717) is 0 Å². The third-order valence-electron chi connectivity index (χ3n) is 2.42. The minimum absolute atomic E-state index is 0.0478. The first-order valence-corrected chi connectivity index (χ1v) is 7.82. The quantitative estimate of drug-likeness (QED) is 0.490. The molecule has 0 aliphatic carbocycles. The third-order valence-corrected chi connectivity index (χ3v) is 3.34. The lowest BCUT2D eigenvalue weighted by Crippen LogP contribution is -2.47. The van der Waals surface area contributed by atoms with Crippen LogP contribution in [0.5, 0.6) is 0 Å². The molecule has 1 aromatic rings. The van der Waals surface area contributed by atoms with Gasteiger partial charge in [0, 0.05) is 12.1 Å². The summed E-state index contributed by atoms with van der Waals surface area (Å²) in [5.74, 6) is -0.150. The fraction of sp³-hybridized carbons (Fsp3) is 0.600. The molecule has 0 aromatic carbocycles. The van der Waals surface area contributed by atoms with Gasteiger partial charge in [0.15, 0.2) is 0 Å². The molecule has 0 saturated heterocycles. The van der Waals surface area contributed by atoms with Crippen LogP contribution in [-0.4, -0.2) is 41.6 Å². The number of aryl methyl sites for hydroxylation is 1. The van der Waals surface area contributed by atoms with Crippen LogP contribution in [0.1, 0.15) is 19.5 Å². The predicted octanol–water partition coefficient (Wildman–Crippen LogP) is 0.0151. The van der Waals surface area contributed by atoms with E-state index >= 15 is 0 Å². The molecule has 4 N–H and O–H groups in total. The normalized spacial score (nSPS) is 12.2. The molecule has 0 atom stereocenters. The van der Waals surface area contributed by atoms with Gasteiger partial charge >= 0.3 is 5.69 Å². The first-order chi connectivity index (χ1) is 9.41. The van der Waals surface area contributed by atoms with E-state index < -0.39 is 20.5 Å². The Kier molecular flexibility index (Phi) is 4.69. The number of rotatable bonds is 6. The highest BCUT2D eigenvalue weighted by molar-refractivity contribution is 7.88. The summed E-state index contributed by atoms with van der Waals surface area (Å²) in [6, 6.07) is 0. The van der Waals surface area contributed by atoms with Crippen molar-refractivity contribution in [2.45, 2.75) is 26.3 Å². The van der Waals surface area contributed by atoms with Crippen molar-refractivity contribution in [3.8, 4) is 0 Å². The highest BCUT2D eigenvalue weighted by Gasteiger charge is 2.26. The fourth-order valence-electron chi connectivity index (χ4n) is 1.77. The summed E-state index contributed by atoms with van der Waals surface area (Å²) in [6.07, 6.45) is 1.03. The second-order valence-electron chi connectivity index (χ2n) is 5.23. The number of nitrogen functional groups attached to an aromatic ring is 1. The standard InChI is InChI=1S/C10H18N6O4S/c1-6-7(16(17)18)8(14-9(11)13-6)12-5-10(2,3)15-21(4,19)20/h15H,5H2,1-4H3,(H3,11,12,13,14). The van der Waals surface area contributed by atoms with Crippen molar-refractivity contribution in [2.24, 2.45) is 0 Å². The summed E-state index contributed by atoms with van der Waals surface area (Å²) in [5, 5.41) is 13.8. The summed E-state index contributed by atoms with van der Waals surface area (Å²) in [7, 11) is -3.41. The van der Waals surface area contributed by atoms with Gasteiger partial charge in [0.25, 0.3) is 0 Å². The van der Waals surface area contributed by atoms with E-state index in [1.165, 1.54) is 6.92 Å². The average molecular weight is 318 g/mol. The van der Waals surface area contributed by atoms with E-state index in [-0.39, 0.29) is 29.7 Å². The molecule has 0 aliphatic heterocycles. The lowest BCUT2D eigenvalue weighted by atomic mass is 10.1. The monoisotopic (exact) mass is 318 g/mol. The largest absolute Gasteiger partial charge is 0.368 e. The van der Waals surface area contributed by atoms with Crippen LogP contribution >= 0.6 is 0 Å². The van der Waals surface area contributed by atoms with Gasteiger partial charge in [-0.25, -0.2) is 18.1 Å². The molecule has 118 valence electrons. The number of hydrogen-bond acceptors (Lipinski definition) is 8. The van der Waals surface area contributed by atoms with E-state index in [9.17, 15) is 18.5 Å². The van der Waals surface area contributed by atoms with Gasteiger partial charge in [0.05, 0.1) is 11.2 Å². The summed E-state index contributed by atoms with van der Waals surface area (Å²) in [6.45, 7) is 4.78. The fourth-order valence-corrected chi connectivity index (χ4v) is 2.85. The lowest BCUT2D eigenvalue weighted by molar-refractivity contribution is -0.385. The Morgan fingerprint density at radius 2 is 1.95 bits per heavy atom. The van der Waals surface area contributed by atoms with Gasteiger partial charge in [0.1, 0.15) is 5.69 Å². The topological polar surface area (TPSA) is 153 Å². The molecule has 1 aromatic heterocycles. The van der Waals surface area contributed by atoms with Crippen LogP contribution in [0.2, 0.25) is 0 Å². The first kappa shape index (κ1) is 17.0. The van der Waals surface area contributed by atoms with Crippen LogP contribution in [0.4, 0.5) is 17.5 Å². The minimum Gasteiger partial charge on any atom is -0.368 e. The molecule has 0 bridgehead atoms. The summed E-state index contributed by atoms with van der Waals surface area (Å²) in [5.41, 5.74) is 4.44. The lowest BCUT2D eigenvalue weighted by Gasteiger charge is -2.25. The molecule has 0 amide bonds. The molecular formula is C10H18N6O4S. The van der Waals surface area contributed by atoms with Gasteiger partial charge in [-0.15, -0.1) is 0 Å². The number of nitrogens with two attached hydrogens (primary N) is 1. The van der Waals surface area contributed by atoms with Crippen LogP contribution in [0.25, 0.3) is 0 Å². The van der Waals surface area contributed by atoms with Gasteiger partial charge in [-0.2, -0.15) is 4.98 Å². The number of nitrogens with one attached hydrogen (secondary N) is 2. The second kappa shape index (κ2) is 5.77. The maximum atomic E-state index is 11.2. The SMILES string of the molecule is Cc1nc(N)nc(NCC(C)(C)NS(C)(=O)=O)c1[N+](=O)[O-]. The number of aromatic nitrogens is 2. The molecule has 10 nitrogen and oxygen atoms in total. The Hall–Kier alpha value is -2.01. The molecular weight excluding hydrogens is 300 g/mol. The number of anilines is 2. The molecule has 0 unspecified atom stereocenters. The Morgan fingerprint density at radius 3 is 2.43 bits per heavy atom. The van der Waals surface area contributed by atoms with Crippen molar-refractivity contribution in [3.63, 3.8) is 0 Å². The maximum Gasteiger partial charge on any atom is 0.332 e. The van der Waals surface area contributed by atoms with Crippen LogP contribution < -0.4 is 15.8 Å². The molecule has 1 heterocycles. The number of nitro groups is 1. The number of hydrogen-bond donors (Lipinski definition) is 3. The average Bonchev–Trinajstić information content (AvgIpc) is 2.21. The third kappa shape index (κ3) is 5.11. The number of nitrogens with zero attached hydrogens (tertiary/aromatic N) is 3. The van der Waals surface area contributed by atoms with E-state index in [2.05, 4.69) is 20.0 Å². The summed E-state index contributed by atoms with van der Waals surface area (Å²) < 4.78 is 24.9. The first-order valence-electron chi connectivity index (χ1n) is 5.92. The van der Waals surface area contributed by atoms with Gasteiger partial charge in [-0.1, -0.05) is 0 Å². The van der Waals surface area contributed by atoms with Crippen molar-refractivity contribution < 1.29 is 13.3 Å². The summed E-state index contributed by atoms with van der Waals surface area (Å²) >= 11 is 0. The Morgan fingerprint density at radius 1 is 1.38 bits per heavy atom. The zero-order valence-corrected chi connectivity index (χ0v) is 13.0. The molecule has 0 radical (unpaired) electrons. The molecule has 21 heavy (non-hydrogen) atoms. The number of sulfonamides is 1. The Bertz CT molecular complexity index is 658. The van der Waals surface area contributed by atoms with Crippen LogP contribution in [0.15, 0.2) is 0 Å². The maximum absolute atomic E-state index is 11.2. The van der Waals surface area contributed by atoms with Gasteiger partial charge in [-0.3, -0.25) is 10.1 Å². The van der Waals surface area contributed by atoms with E-state index in [1.807, 2.05) is 0 Å². The molecule has 0 spiro atoms.